The fraction of sp³-hybridized carbons (Fsp3) is 1.00. The number of rotatable bonds is 1. The smallest absolute Gasteiger partial charge is 0.0141 e. The number of piperidine rings is 1. The van der Waals surface area contributed by atoms with Gasteiger partial charge in [-0.05, 0) is 39.0 Å². The number of hydrogen-bond donors (Lipinski definition) is 1. The van der Waals surface area contributed by atoms with Crippen LogP contribution in [0.15, 0.2) is 0 Å². The maximum Gasteiger partial charge on any atom is 0.0141 e. The van der Waals surface area contributed by atoms with Crippen LogP contribution in [-0.4, -0.2) is 29.6 Å². The van der Waals surface area contributed by atoms with Gasteiger partial charge in [0, 0.05) is 24.7 Å². The highest BCUT2D eigenvalue weighted by atomic mass is 15.2. The van der Waals surface area contributed by atoms with Gasteiger partial charge >= 0.3 is 0 Å². The average Bonchev–Trinajstić information content (AvgIpc) is 2.18. The number of nitrogens with two attached hydrogens (primary N) is 1. The first kappa shape index (κ1) is 10.4. The van der Waals surface area contributed by atoms with E-state index in [2.05, 4.69) is 18.7 Å². The minimum absolute atomic E-state index is 0.482. The SMILES string of the molecule is CC(C)N1CC[C@H](N)[C@@H]2CCCC[C@@H]21. The highest BCUT2D eigenvalue weighted by Gasteiger charge is 2.38. The van der Waals surface area contributed by atoms with Gasteiger partial charge in [-0.3, -0.25) is 4.90 Å². The van der Waals surface area contributed by atoms with E-state index in [1.807, 2.05) is 0 Å². The third kappa shape index (κ3) is 1.82. The van der Waals surface area contributed by atoms with E-state index in [0.29, 0.717) is 12.1 Å². The fourth-order valence-electron chi connectivity index (χ4n) is 3.37. The molecule has 1 saturated heterocycles. The molecule has 0 aromatic heterocycles. The standard InChI is InChI=1S/C12H24N2/c1-9(2)14-8-7-11(13)10-5-3-4-6-12(10)14/h9-12H,3-8,13H2,1-2H3/t10-,11-,12-/m0/s1. The van der Waals surface area contributed by atoms with Gasteiger partial charge < -0.3 is 5.73 Å². The number of nitrogens with zero attached hydrogens (tertiary/aromatic N) is 1. The Hall–Kier alpha value is -0.0800. The lowest BCUT2D eigenvalue weighted by molar-refractivity contribution is 0.0248. The summed E-state index contributed by atoms with van der Waals surface area (Å²) in [5.41, 5.74) is 6.23. The molecule has 1 aliphatic heterocycles. The van der Waals surface area contributed by atoms with Crippen LogP contribution in [-0.2, 0) is 0 Å². The first-order valence-electron chi connectivity index (χ1n) is 6.21. The van der Waals surface area contributed by atoms with E-state index in [0.717, 1.165) is 12.0 Å². The monoisotopic (exact) mass is 196 g/mol. The summed E-state index contributed by atoms with van der Waals surface area (Å²) in [5, 5.41) is 0. The second-order valence-electron chi connectivity index (χ2n) is 5.30. The van der Waals surface area contributed by atoms with Crippen LogP contribution in [0.3, 0.4) is 0 Å². The fourth-order valence-corrected chi connectivity index (χ4v) is 3.37. The second kappa shape index (κ2) is 4.19. The average molecular weight is 196 g/mol. The number of hydrogen-bond acceptors (Lipinski definition) is 2. The third-order valence-corrected chi connectivity index (χ3v) is 4.14. The van der Waals surface area contributed by atoms with Crippen LogP contribution in [0.1, 0.15) is 46.0 Å². The van der Waals surface area contributed by atoms with Crippen molar-refractivity contribution >= 4 is 0 Å². The van der Waals surface area contributed by atoms with Crippen LogP contribution < -0.4 is 5.73 Å². The van der Waals surface area contributed by atoms with Gasteiger partial charge in [-0.1, -0.05) is 12.8 Å². The molecule has 0 spiro atoms. The zero-order chi connectivity index (χ0) is 10.1. The van der Waals surface area contributed by atoms with Crippen LogP contribution in [0.4, 0.5) is 0 Å². The van der Waals surface area contributed by atoms with Crippen LogP contribution in [0.25, 0.3) is 0 Å². The van der Waals surface area contributed by atoms with Crippen molar-refractivity contribution in [2.24, 2.45) is 11.7 Å². The van der Waals surface area contributed by atoms with Crippen molar-refractivity contribution in [1.82, 2.24) is 4.90 Å². The number of fused-ring (bicyclic) bond motifs is 1. The van der Waals surface area contributed by atoms with Crippen molar-refractivity contribution in [3.63, 3.8) is 0 Å². The van der Waals surface area contributed by atoms with Gasteiger partial charge in [0.05, 0.1) is 0 Å². The Labute approximate surface area is 87.8 Å². The van der Waals surface area contributed by atoms with Gasteiger partial charge in [-0.25, -0.2) is 0 Å². The first-order valence-corrected chi connectivity index (χ1v) is 6.21. The summed E-state index contributed by atoms with van der Waals surface area (Å²) in [4.78, 5) is 2.69. The molecule has 1 saturated carbocycles. The third-order valence-electron chi connectivity index (χ3n) is 4.14. The quantitative estimate of drug-likeness (QED) is 0.695. The van der Waals surface area contributed by atoms with E-state index in [1.54, 1.807) is 0 Å². The second-order valence-corrected chi connectivity index (χ2v) is 5.30. The van der Waals surface area contributed by atoms with E-state index < -0.39 is 0 Å². The molecule has 0 aromatic rings. The lowest BCUT2D eigenvalue weighted by Crippen LogP contribution is -2.57. The summed E-state index contributed by atoms with van der Waals surface area (Å²) in [6.45, 7) is 5.87. The summed E-state index contributed by atoms with van der Waals surface area (Å²) < 4.78 is 0. The molecule has 2 nitrogen and oxygen atoms in total. The Balaban J connectivity index is 2.08. The molecule has 1 heterocycles. The van der Waals surface area contributed by atoms with Crippen LogP contribution >= 0.6 is 0 Å². The first-order chi connectivity index (χ1) is 6.70. The normalized spacial score (nSPS) is 39.9. The maximum atomic E-state index is 6.23. The summed E-state index contributed by atoms with van der Waals surface area (Å²) in [5.74, 6) is 0.792. The van der Waals surface area contributed by atoms with Crippen molar-refractivity contribution in [2.75, 3.05) is 6.54 Å². The van der Waals surface area contributed by atoms with Crippen molar-refractivity contribution in [2.45, 2.75) is 64.1 Å². The van der Waals surface area contributed by atoms with Crippen LogP contribution in [0, 0.1) is 5.92 Å². The zero-order valence-electron chi connectivity index (χ0n) is 9.58. The highest BCUT2D eigenvalue weighted by Crippen LogP contribution is 2.35. The van der Waals surface area contributed by atoms with Gasteiger partial charge in [0.15, 0.2) is 0 Å². The molecule has 2 fully saturated rings. The molecular weight excluding hydrogens is 172 g/mol. The van der Waals surface area contributed by atoms with Crippen molar-refractivity contribution in [1.29, 1.82) is 0 Å². The Kier molecular flexibility index (Phi) is 3.13. The molecule has 2 heteroatoms. The molecule has 82 valence electrons. The molecule has 0 unspecified atom stereocenters. The van der Waals surface area contributed by atoms with Gasteiger partial charge in [0.2, 0.25) is 0 Å². The Morgan fingerprint density at radius 3 is 2.57 bits per heavy atom. The topological polar surface area (TPSA) is 29.3 Å². The maximum absolute atomic E-state index is 6.23. The van der Waals surface area contributed by atoms with Crippen molar-refractivity contribution in [3.8, 4) is 0 Å². The highest BCUT2D eigenvalue weighted by molar-refractivity contribution is 4.94. The van der Waals surface area contributed by atoms with Crippen LogP contribution in [0.5, 0.6) is 0 Å². The van der Waals surface area contributed by atoms with Crippen molar-refractivity contribution in [3.05, 3.63) is 0 Å². The van der Waals surface area contributed by atoms with E-state index in [1.165, 1.54) is 38.6 Å². The minimum Gasteiger partial charge on any atom is -0.327 e. The number of likely N-dealkylation sites (tertiary alicyclic amines) is 1. The molecule has 0 radical (unpaired) electrons. The van der Waals surface area contributed by atoms with E-state index in [4.69, 9.17) is 5.73 Å². The van der Waals surface area contributed by atoms with Crippen molar-refractivity contribution < 1.29 is 0 Å². The van der Waals surface area contributed by atoms with Crippen LogP contribution in [0.2, 0.25) is 0 Å². The molecule has 14 heavy (non-hydrogen) atoms. The lowest BCUT2D eigenvalue weighted by Gasteiger charge is -2.48. The molecule has 1 aliphatic carbocycles. The summed E-state index contributed by atoms with van der Waals surface area (Å²) in [7, 11) is 0. The Bertz CT molecular complexity index is 189. The predicted octanol–water partition coefficient (Wildman–Crippen LogP) is 1.99. The molecule has 2 aliphatic rings. The molecule has 3 atom stereocenters. The molecular formula is C12H24N2. The molecule has 2 rings (SSSR count). The lowest BCUT2D eigenvalue weighted by atomic mass is 9.75. The van der Waals surface area contributed by atoms with Gasteiger partial charge in [0.25, 0.3) is 0 Å². The summed E-state index contributed by atoms with van der Waals surface area (Å²) in [6.07, 6.45) is 6.78. The van der Waals surface area contributed by atoms with E-state index >= 15 is 0 Å². The molecule has 2 N–H and O–H groups in total. The molecule has 0 aromatic carbocycles. The summed E-state index contributed by atoms with van der Waals surface area (Å²) in [6, 6.07) is 1.98. The summed E-state index contributed by atoms with van der Waals surface area (Å²) >= 11 is 0. The zero-order valence-corrected chi connectivity index (χ0v) is 9.58. The molecule has 0 bridgehead atoms. The van der Waals surface area contributed by atoms with Gasteiger partial charge in [-0.2, -0.15) is 0 Å². The Morgan fingerprint density at radius 2 is 1.86 bits per heavy atom. The van der Waals surface area contributed by atoms with E-state index in [-0.39, 0.29) is 0 Å². The molecule has 0 amide bonds. The predicted molar refractivity (Wildman–Crippen MR) is 60.2 cm³/mol. The Morgan fingerprint density at radius 1 is 1.14 bits per heavy atom. The van der Waals surface area contributed by atoms with E-state index in [9.17, 15) is 0 Å². The van der Waals surface area contributed by atoms with Gasteiger partial charge in [-0.15, -0.1) is 0 Å². The van der Waals surface area contributed by atoms with Gasteiger partial charge in [0.1, 0.15) is 0 Å². The minimum atomic E-state index is 0.482. The largest absolute Gasteiger partial charge is 0.327 e.